The predicted molar refractivity (Wildman–Crippen MR) is 65.5 cm³/mol. The van der Waals surface area contributed by atoms with Gasteiger partial charge in [0, 0.05) is 18.1 Å². The van der Waals surface area contributed by atoms with Gasteiger partial charge in [-0.05, 0) is 19.4 Å². The van der Waals surface area contributed by atoms with Crippen LogP contribution in [0.25, 0.3) is 0 Å². The molecule has 1 aromatic carbocycles. The summed E-state index contributed by atoms with van der Waals surface area (Å²) in [6, 6.07) is 7.68. The molecule has 0 aromatic heterocycles. The van der Waals surface area contributed by atoms with Crippen molar-refractivity contribution in [1.82, 2.24) is 5.43 Å². The minimum absolute atomic E-state index is 0.147. The van der Waals surface area contributed by atoms with Crippen LogP contribution in [0.2, 0.25) is 0 Å². The number of nitrogens with zero attached hydrogens (tertiary/aromatic N) is 1. The Morgan fingerprint density at radius 2 is 2.00 bits per heavy atom. The Bertz CT molecular complexity index is 451. The van der Waals surface area contributed by atoms with E-state index in [0.717, 1.165) is 16.8 Å². The summed E-state index contributed by atoms with van der Waals surface area (Å²) >= 11 is 0. The van der Waals surface area contributed by atoms with Gasteiger partial charge in [-0.3, -0.25) is 4.79 Å². The van der Waals surface area contributed by atoms with Crippen LogP contribution in [0.1, 0.15) is 30.6 Å². The summed E-state index contributed by atoms with van der Waals surface area (Å²) in [7, 11) is 0. The third-order valence-electron chi connectivity index (χ3n) is 3.10. The molecule has 2 rings (SSSR count). The summed E-state index contributed by atoms with van der Waals surface area (Å²) in [5.41, 5.74) is 5.15. The number of rotatable bonds is 2. The van der Waals surface area contributed by atoms with E-state index >= 15 is 0 Å². The van der Waals surface area contributed by atoms with E-state index in [0.29, 0.717) is 0 Å². The van der Waals surface area contributed by atoms with Gasteiger partial charge in [0.1, 0.15) is 0 Å². The standard InChI is InChI=1S/C13H16N2O2/c1-8-3-5-10(6-4-8)13(17)11-7-12(16)15-14-9(11)2/h3-6,11,13,17H,7H2,1-2H3,(H,15,16)/t11-,13-/m1/s1. The van der Waals surface area contributed by atoms with Crippen molar-refractivity contribution in [2.75, 3.05) is 0 Å². The molecule has 4 nitrogen and oxygen atoms in total. The van der Waals surface area contributed by atoms with Crippen molar-refractivity contribution in [2.45, 2.75) is 26.4 Å². The number of hydrazone groups is 1. The zero-order valence-corrected chi connectivity index (χ0v) is 9.97. The molecule has 4 heteroatoms. The Hall–Kier alpha value is -1.68. The molecular weight excluding hydrogens is 216 g/mol. The van der Waals surface area contributed by atoms with Crippen molar-refractivity contribution in [3.63, 3.8) is 0 Å². The minimum atomic E-state index is -0.676. The number of benzene rings is 1. The first-order chi connectivity index (χ1) is 8.08. The van der Waals surface area contributed by atoms with Crippen molar-refractivity contribution >= 4 is 11.6 Å². The summed E-state index contributed by atoms with van der Waals surface area (Å²) in [6.45, 7) is 3.82. The summed E-state index contributed by atoms with van der Waals surface area (Å²) < 4.78 is 0. The molecule has 1 aromatic rings. The molecule has 2 N–H and O–H groups in total. The molecule has 0 aliphatic carbocycles. The van der Waals surface area contributed by atoms with Gasteiger partial charge in [0.15, 0.2) is 0 Å². The number of nitrogens with one attached hydrogen (secondary N) is 1. The molecule has 1 aliphatic heterocycles. The molecular formula is C13H16N2O2. The summed E-state index contributed by atoms with van der Waals surface area (Å²) in [5.74, 6) is -0.377. The second-order valence-corrected chi connectivity index (χ2v) is 4.45. The average molecular weight is 232 g/mol. The largest absolute Gasteiger partial charge is 0.388 e. The first kappa shape index (κ1) is 11.8. The first-order valence-electron chi connectivity index (χ1n) is 5.65. The number of carbonyl (C=O) groups excluding carboxylic acids is 1. The lowest BCUT2D eigenvalue weighted by Gasteiger charge is -2.25. The molecule has 0 saturated heterocycles. The van der Waals surface area contributed by atoms with Crippen LogP contribution in [0.5, 0.6) is 0 Å². The maximum Gasteiger partial charge on any atom is 0.240 e. The lowest BCUT2D eigenvalue weighted by molar-refractivity contribution is -0.122. The minimum Gasteiger partial charge on any atom is -0.388 e. The normalized spacial score (nSPS) is 21.7. The molecule has 0 unspecified atom stereocenters. The van der Waals surface area contributed by atoms with Crippen molar-refractivity contribution in [3.8, 4) is 0 Å². The topological polar surface area (TPSA) is 61.7 Å². The molecule has 1 heterocycles. The quantitative estimate of drug-likeness (QED) is 0.812. The molecule has 1 amide bonds. The fourth-order valence-corrected chi connectivity index (χ4v) is 1.96. The number of aryl methyl sites for hydroxylation is 1. The fourth-order valence-electron chi connectivity index (χ4n) is 1.96. The van der Waals surface area contributed by atoms with E-state index in [1.165, 1.54) is 0 Å². The van der Waals surface area contributed by atoms with Gasteiger partial charge in [0.25, 0.3) is 0 Å². The number of aliphatic hydroxyl groups excluding tert-OH is 1. The summed E-state index contributed by atoms with van der Waals surface area (Å²) in [6.07, 6.45) is -0.393. The highest BCUT2D eigenvalue weighted by Gasteiger charge is 2.29. The highest BCUT2D eigenvalue weighted by atomic mass is 16.3. The lowest BCUT2D eigenvalue weighted by atomic mass is 9.88. The number of hydrogen-bond donors (Lipinski definition) is 2. The van der Waals surface area contributed by atoms with Crippen LogP contribution in [0.15, 0.2) is 29.4 Å². The molecule has 0 radical (unpaired) electrons. The SMILES string of the molecule is CC1=NNC(=O)C[C@H]1[C@H](O)c1ccc(C)cc1. The Morgan fingerprint density at radius 3 is 2.65 bits per heavy atom. The first-order valence-corrected chi connectivity index (χ1v) is 5.65. The smallest absolute Gasteiger partial charge is 0.240 e. The van der Waals surface area contributed by atoms with Crippen LogP contribution < -0.4 is 5.43 Å². The molecule has 17 heavy (non-hydrogen) atoms. The molecule has 0 spiro atoms. The zero-order chi connectivity index (χ0) is 12.4. The van der Waals surface area contributed by atoms with E-state index < -0.39 is 6.10 Å². The van der Waals surface area contributed by atoms with Crippen molar-refractivity contribution in [2.24, 2.45) is 11.0 Å². The highest BCUT2D eigenvalue weighted by Crippen LogP contribution is 2.27. The van der Waals surface area contributed by atoms with Gasteiger partial charge in [-0.1, -0.05) is 29.8 Å². The lowest BCUT2D eigenvalue weighted by Crippen LogP contribution is -2.34. The van der Waals surface area contributed by atoms with Crippen LogP contribution in [0.3, 0.4) is 0 Å². The summed E-state index contributed by atoms with van der Waals surface area (Å²) in [4.78, 5) is 11.3. The number of aliphatic hydroxyl groups is 1. The van der Waals surface area contributed by atoms with Gasteiger partial charge in [-0.2, -0.15) is 5.10 Å². The van der Waals surface area contributed by atoms with Crippen molar-refractivity contribution < 1.29 is 9.90 Å². The van der Waals surface area contributed by atoms with Gasteiger partial charge in [-0.15, -0.1) is 0 Å². The molecule has 0 bridgehead atoms. The van der Waals surface area contributed by atoms with E-state index in [9.17, 15) is 9.90 Å². The highest BCUT2D eigenvalue weighted by molar-refractivity contribution is 5.93. The van der Waals surface area contributed by atoms with Crippen LogP contribution >= 0.6 is 0 Å². The Labute approximate surface area is 100 Å². The zero-order valence-electron chi connectivity index (χ0n) is 9.97. The van der Waals surface area contributed by atoms with Gasteiger partial charge in [-0.25, -0.2) is 5.43 Å². The van der Waals surface area contributed by atoms with Gasteiger partial charge >= 0.3 is 0 Å². The van der Waals surface area contributed by atoms with E-state index in [4.69, 9.17) is 0 Å². The molecule has 1 aliphatic rings. The van der Waals surface area contributed by atoms with Crippen LogP contribution in [-0.2, 0) is 4.79 Å². The van der Waals surface area contributed by atoms with E-state index in [1.807, 2.05) is 38.1 Å². The average Bonchev–Trinajstić information content (AvgIpc) is 2.32. The fraction of sp³-hybridized carbons (Fsp3) is 0.385. The van der Waals surface area contributed by atoms with Gasteiger partial charge in [0.05, 0.1) is 6.10 Å². The molecule has 2 atom stereocenters. The Balaban J connectivity index is 2.22. The number of amides is 1. The molecule has 0 saturated carbocycles. The van der Waals surface area contributed by atoms with Gasteiger partial charge in [0.2, 0.25) is 5.91 Å². The van der Waals surface area contributed by atoms with Crippen LogP contribution in [0, 0.1) is 12.8 Å². The maximum absolute atomic E-state index is 11.3. The molecule has 0 fully saturated rings. The second kappa shape index (κ2) is 4.67. The Kier molecular flexibility index (Phi) is 3.24. The van der Waals surface area contributed by atoms with Crippen LogP contribution in [-0.4, -0.2) is 16.7 Å². The van der Waals surface area contributed by atoms with E-state index in [1.54, 1.807) is 0 Å². The third-order valence-corrected chi connectivity index (χ3v) is 3.10. The van der Waals surface area contributed by atoms with Gasteiger partial charge < -0.3 is 5.11 Å². The van der Waals surface area contributed by atoms with Crippen molar-refractivity contribution in [3.05, 3.63) is 35.4 Å². The van der Waals surface area contributed by atoms with Crippen molar-refractivity contribution in [1.29, 1.82) is 0 Å². The second-order valence-electron chi connectivity index (χ2n) is 4.45. The third kappa shape index (κ3) is 2.53. The van der Waals surface area contributed by atoms with E-state index in [2.05, 4.69) is 10.5 Å². The predicted octanol–water partition coefficient (Wildman–Crippen LogP) is 1.54. The molecule has 90 valence electrons. The monoisotopic (exact) mass is 232 g/mol. The number of hydrogen-bond acceptors (Lipinski definition) is 3. The number of carbonyl (C=O) groups is 1. The Morgan fingerprint density at radius 1 is 1.35 bits per heavy atom. The van der Waals surface area contributed by atoms with Crippen LogP contribution in [0.4, 0.5) is 0 Å². The maximum atomic E-state index is 11.3. The van der Waals surface area contributed by atoms with E-state index in [-0.39, 0.29) is 18.2 Å². The summed E-state index contributed by atoms with van der Waals surface area (Å²) in [5, 5.41) is 14.2.